The summed E-state index contributed by atoms with van der Waals surface area (Å²) in [5.74, 6) is 3.52. The summed E-state index contributed by atoms with van der Waals surface area (Å²) in [4.78, 5) is 26.1. The largest absolute Gasteiger partial charge is 0.491 e. The van der Waals surface area contributed by atoms with Crippen molar-refractivity contribution in [3.8, 4) is 18.1 Å². The lowest BCUT2D eigenvalue weighted by molar-refractivity contribution is -0.143. The topological polar surface area (TPSA) is 77.1 Å². The van der Waals surface area contributed by atoms with Crippen molar-refractivity contribution < 1.29 is 23.8 Å². The van der Waals surface area contributed by atoms with E-state index in [9.17, 15) is 9.59 Å². The Morgan fingerprint density at radius 3 is 3.04 bits per heavy atom. The summed E-state index contributed by atoms with van der Waals surface area (Å²) in [6.45, 7) is 1.52. The molecule has 0 aliphatic carbocycles. The van der Waals surface area contributed by atoms with Crippen molar-refractivity contribution in [1.82, 2.24) is 10.2 Å². The van der Waals surface area contributed by atoms with Gasteiger partial charge in [0.2, 0.25) is 0 Å². The van der Waals surface area contributed by atoms with E-state index in [4.69, 9.17) is 20.6 Å². The molecule has 28 heavy (non-hydrogen) atoms. The molecule has 0 radical (unpaired) electrons. The standard InChI is InChI=1S/C20H26N2O5S/c1-4-15-6-5-7-16(12-15)27-14-17-13-22(9-10-26-17)20(24)21-18(8-11-28-3)19(23)25-2/h1,5-7,12,17-18H,8-11,13-14H2,2-3H3,(H,21,24). The third kappa shape index (κ3) is 6.66. The molecule has 8 heteroatoms. The van der Waals surface area contributed by atoms with Gasteiger partial charge in [0.25, 0.3) is 0 Å². The van der Waals surface area contributed by atoms with E-state index in [1.165, 1.54) is 7.11 Å². The molecule has 152 valence electrons. The molecule has 0 bridgehead atoms. The molecule has 0 aromatic heterocycles. The molecule has 1 heterocycles. The predicted molar refractivity (Wildman–Crippen MR) is 109 cm³/mol. The highest BCUT2D eigenvalue weighted by Crippen LogP contribution is 2.15. The predicted octanol–water partition coefficient (Wildman–Crippen LogP) is 1.75. The number of terminal acetylenes is 1. The maximum Gasteiger partial charge on any atom is 0.328 e. The second-order valence-corrected chi connectivity index (χ2v) is 7.21. The van der Waals surface area contributed by atoms with E-state index in [1.807, 2.05) is 24.5 Å². The molecular formula is C20H26N2O5S. The summed E-state index contributed by atoms with van der Waals surface area (Å²) in [6, 6.07) is 6.28. The molecule has 1 aromatic rings. The lowest BCUT2D eigenvalue weighted by atomic mass is 10.2. The van der Waals surface area contributed by atoms with Gasteiger partial charge < -0.3 is 24.4 Å². The number of esters is 1. The number of methoxy groups -OCH3 is 1. The third-order valence-corrected chi connectivity index (χ3v) is 4.90. The normalized spacial score (nSPS) is 17.3. The lowest BCUT2D eigenvalue weighted by Gasteiger charge is -2.33. The number of amides is 2. The molecule has 2 atom stereocenters. The van der Waals surface area contributed by atoms with Crippen molar-refractivity contribution in [1.29, 1.82) is 0 Å². The van der Waals surface area contributed by atoms with Gasteiger partial charge in [-0.05, 0) is 36.6 Å². The molecule has 7 nitrogen and oxygen atoms in total. The molecule has 1 aliphatic rings. The molecular weight excluding hydrogens is 380 g/mol. The monoisotopic (exact) mass is 406 g/mol. The summed E-state index contributed by atoms with van der Waals surface area (Å²) in [5.41, 5.74) is 0.738. The van der Waals surface area contributed by atoms with Crippen LogP contribution < -0.4 is 10.1 Å². The number of rotatable bonds is 8. The number of benzene rings is 1. The van der Waals surface area contributed by atoms with Crippen LogP contribution in [-0.2, 0) is 14.3 Å². The number of carbonyl (C=O) groups excluding carboxylic acids is 2. The van der Waals surface area contributed by atoms with Crippen molar-refractivity contribution in [2.75, 3.05) is 45.4 Å². The summed E-state index contributed by atoms with van der Waals surface area (Å²) < 4.78 is 16.2. The van der Waals surface area contributed by atoms with Gasteiger partial charge in [0, 0.05) is 12.1 Å². The van der Waals surface area contributed by atoms with Crippen LogP contribution in [0.1, 0.15) is 12.0 Å². The van der Waals surface area contributed by atoms with Crippen molar-refractivity contribution in [3.05, 3.63) is 29.8 Å². The van der Waals surface area contributed by atoms with Gasteiger partial charge in [0.1, 0.15) is 24.5 Å². The Labute approximate surface area is 170 Å². The molecule has 2 amide bonds. The molecule has 2 rings (SSSR count). The molecule has 1 aliphatic heterocycles. The van der Waals surface area contributed by atoms with Gasteiger partial charge in [-0.3, -0.25) is 0 Å². The fourth-order valence-corrected chi connectivity index (χ4v) is 3.21. The maximum absolute atomic E-state index is 12.6. The zero-order valence-electron chi connectivity index (χ0n) is 16.2. The van der Waals surface area contributed by atoms with E-state index in [2.05, 4.69) is 11.2 Å². The maximum atomic E-state index is 12.6. The van der Waals surface area contributed by atoms with E-state index >= 15 is 0 Å². The zero-order chi connectivity index (χ0) is 20.4. The molecule has 1 N–H and O–H groups in total. The summed E-state index contributed by atoms with van der Waals surface area (Å²) in [5, 5.41) is 2.76. The number of nitrogens with one attached hydrogen (secondary N) is 1. The second kappa shape index (κ2) is 11.5. The number of ether oxygens (including phenoxy) is 3. The Hall–Kier alpha value is -2.37. The van der Waals surface area contributed by atoms with Crippen molar-refractivity contribution in [2.45, 2.75) is 18.6 Å². The quantitative estimate of drug-likeness (QED) is 0.524. The minimum atomic E-state index is -0.658. The molecule has 0 saturated carbocycles. The van der Waals surface area contributed by atoms with E-state index < -0.39 is 12.0 Å². The fourth-order valence-electron chi connectivity index (χ4n) is 2.74. The van der Waals surface area contributed by atoms with Gasteiger partial charge in [-0.15, -0.1) is 6.42 Å². The minimum absolute atomic E-state index is 0.267. The summed E-state index contributed by atoms with van der Waals surface area (Å²) in [6.07, 6.45) is 7.59. The van der Waals surface area contributed by atoms with Crippen molar-refractivity contribution in [3.63, 3.8) is 0 Å². The Balaban J connectivity index is 1.87. The Kier molecular flexibility index (Phi) is 8.98. The highest BCUT2D eigenvalue weighted by atomic mass is 32.2. The van der Waals surface area contributed by atoms with Crippen LogP contribution in [0.5, 0.6) is 5.75 Å². The van der Waals surface area contributed by atoms with Crippen LogP contribution in [0.4, 0.5) is 4.79 Å². The smallest absolute Gasteiger partial charge is 0.328 e. The highest BCUT2D eigenvalue weighted by molar-refractivity contribution is 7.98. The molecule has 0 spiro atoms. The van der Waals surface area contributed by atoms with E-state index in [0.717, 1.165) is 11.3 Å². The molecule has 1 aromatic carbocycles. The SMILES string of the molecule is C#Cc1cccc(OCC2CN(C(=O)NC(CCSC)C(=O)OC)CCO2)c1. The highest BCUT2D eigenvalue weighted by Gasteiger charge is 2.28. The van der Waals surface area contributed by atoms with Crippen molar-refractivity contribution in [2.24, 2.45) is 0 Å². The first kappa shape index (κ1) is 21.9. The number of morpholine rings is 1. The van der Waals surface area contributed by atoms with Gasteiger partial charge in [-0.2, -0.15) is 11.8 Å². The lowest BCUT2D eigenvalue weighted by Crippen LogP contribution is -2.54. The number of carbonyl (C=O) groups is 2. The van der Waals surface area contributed by atoms with Crippen LogP contribution in [0.25, 0.3) is 0 Å². The van der Waals surface area contributed by atoms with Crippen LogP contribution in [0.2, 0.25) is 0 Å². The fraction of sp³-hybridized carbons (Fsp3) is 0.500. The number of thioether (sulfide) groups is 1. The van der Waals surface area contributed by atoms with Gasteiger partial charge in [0.05, 0.1) is 20.3 Å². The number of hydrogen-bond donors (Lipinski definition) is 1. The average molecular weight is 407 g/mol. The molecule has 1 fully saturated rings. The third-order valence-electron chi connectivity index (χ3n) is 4.26. The van der Waals surface area contributed by atoms with Gasteiger partial charge >= 0.3 is 12.0 Å². The van der Waals surface area contributed by atoms with Gasteiger partial charge in [0.15, 0.2) is 0 Å². The van der Waals surface area contributed by atoms with Crippen LogP contribution in [0.15, 0.2) is 24.3 Å². The van der Waals surface area contributed by atoms with E-state index in [1.54, 1.807) is 22.7 Å². The average Bonchev–Trinajstić information content (AvgIpc) is 2.74. The first-order valence-corrected chi connectivity index (χ1v) is 10.4. The first-order chi connectivity index (χ1) is 13.6. The van der Waals surface area contributed by atoms with Gasteiger partial charge in [-0.1, -0.05) is 12.0 Å². The van der Waals surface area contributed by atoms with E-state index in [0.29, 0.717) is 38.5 Å². The molecule has 2 unspecified atom stereocenters. The summed E-state index contributed by atoms with van der Waals surface area (Å²) >= 11 is 1.61. The van der Waals surface area contributed by atoms with Crippen LogP contribution in [0, 0.1) is 12.3 Å². The van der Waals surface area contributed by atoms with E-state index in [-0.39, 0.29) is 12.1 Å². The Morgan fingerprint density at radius 2 is 2.32 bits per heavy atom. The van der Waals surface area contributed by atoms with Crippen molar-refractivity contribution >= 4 is 23.8 Å². The number of nitrogens with zero attached hydrogens (tertiary/aromatic N) is 1. The Bertz CT molecular complexity index is 706. The van der Waals surface area contributed by atoms with Crippen LogP contribution in [-0.4, -0.2) is 74.5 Å². The van der Waals surface area contributed by atoms with Crippen LogP contribution >= 0.6 is 11.8 Å². The number of hydrogen-bond acceptors (Lipinski definition) is 6. The number of urea groups is 1. The molecule has 1 saturated heterocycles. The van der Waals surface area contributed by atoms with Gasteiger partial charge in [-0.25, -0.2) is 9.59 Å². The Morgan fingerprint density at radius 1 is 1.50 bits per heavy atom. The minimum Gasteiger partial charge on any atom is -0.491 e. The summed E-state index contributed by atoms with van der Waals surface area (Å²) in [7, 11) is 1.32. The second-order valence-electron chi connectivity index (χ2n) is 6.23. The first-order valence-electron chi connectivity index (χ1n) is 9.00. The van der Waals surface area contributed by atoms with Crippen LogP contribution in [0.3, 0.4) is 0 Å². The zero-order valence-corrected chi connectivity index (χ0v) is 17.0.